The largest absolute Gasteiger partial charge is 0.325 e. The second-order valence-electron chi connectivity index (χ2n) is 6.36. The maximum absolute atomic E-state index is 13.3. The number of carbonyl (C=O) groups excluding carboxylic acids is 1. The third kappa shape index (κ3) is 5.06. The minimum atomic E-state index is -0.842. The Balaban J connectivity index is 1.43. The van der Waals surface area contributed by atoms with Crippen LogP contribution in [0.2, 0.25) is 0 Å². The zero-order valence-electron chi connectivity index (χ0n) is 14.2. The smallest absolute Gasteiger partial charge is 0.238 e. The average Bonchev–Trinajstić information content (AvgIpc) is 2.62. The fourth-order valence-corrected chi connectivity index (χ4v) is 2.94. The maximum Gasteiger partial charge on any atom is 0.238 e. The van der Waals surface area contributed by atoms with Gasteiger partial charge in [0, 0.05) is 38.4 Å². The van der Waals surface area contributed by atoms with Crippen LogP contribution in [-0.4, -0.2) is 48.4 Å². The first kappa shape index (κ1) is 18.4. The molecular weight excluding hydrogens is 343 g/mol. The van der Waals surface area contributed by atoms with Crippen LogP contribution in [0.25, 0.3) is 0 Å². The topological polar surface area (TPSA) is 35.6 Å². The molecule has 138 valence electrons. The predicted octanol–water partition coefficient (Wildman–Crippen LogP) is 2.86. The lowest BCUT2D eigenvalue weighted by molar-refractivity contribution is -0.117. The van der Waals surface area contributed by atoms with Gasteiger partial charge in [-0.15, -0.1) is 0 Å². The fourth-order valence-electron chi connectivity index (χ4n) is 2.94. The molecule has 1 amide bonds. The summed E-state index contributed by atoms with van der Waals surface area (Å²) < 4.78 is 39.1. The minimum absolute atomic E-state index is 0.148. The molecule has 1 aliphatic rings. The van der Waals surface area contributed by atoms with Crippen LogP contribution in [0.5, 0.6) is 0 Å². The lowest BCUT2D eigenvalue weighted by Crippen LogP contribution is -2.48. The Kier molecular flexibility index (Phi) is 5.90. The Hall–Kier alpha value is -2.38. The quantitative estimate of drug-likeness (QED) is 0.887. The second-order valence-corrected chi connectivity index (χ2v) is 6.36. The van der Waals surface area contributed by atoms with Gasteiger partial charge in [0.05, 0.1) is 6.54 Å². The van der Waals surface area contributed by atoms with E-state index in [0.717, 1.165) is 24.7 Å². The third-order valence-electron chi connectivity index (χ3n) is 4.35. The molecule has 0 atom stereocenters. The van der Waals surface area contributed by atoms with Crippen molar-refractivity contribution in [3.05, 3.63) is 65.5 Å². The number of nitrogens with one attached hydrogen (secondary N) is 1. The summed E-state index contributed by atoms with van der Waals surface area (Å²) in [6.07, 6.45) is 0. The number of anilines is 1. The van der Waals surface area contributed by atoms with Crippen LogP contribution < -0.4 is 5.32 Å². The Morgan fingerprint density at radius 2 is 1.54 bits per heavy atom. The van der Waals surface area contributed by atoms with Crippen LogP contribution >= 0.6 is 0 Å². The predicted molar refractivity (Wildman–Crippen MR) is 93.1 cm³/mol. The molecule has 0 spiro atoms. The number of rotatable bonds is 5. The van der Waals surface area contributed by atoms with E-state index in [4.69, 9.17) is 0 Å². The molecule has 7 heteroatoms. The Morgan fingerprint density at radius 1 is 0.885 bits per heavy atom. The van der Waals surface area contributed by atoms with E-state index in [2.05, 4.69) is 10.2 Å². The highest BCUT2D eigenvalue weighted by atomic mass is 19.2. The molecule has 0 radical (unpaired) electrons. The summed E-state index contributed by atoms with van der Waals surface area (Å²) in [6, 6.07) is 9.58. The van der Waals surface area contributed by atoms with Crippen LogP contribution in [0.4, 0.5) is 18.9 Å². The van der Waals surface area contributed by atoms with Crippen molar-refractivity contribution in [2.45, 2.75) is 6.54 Å². The number of piperazine rings is 1. The molecule has 2 aromatic carbocycles. The van der Waals surface area contributed by atoms with Gasteiger partial charge in [-0.25, -0.2) is 13.2 Å². The van der Waals surface area contributed by atoms with Crippen molar-refractivity contribution in [2.24, 2.45) is 0 Å². The van der Waals surface area contributed by atoms with Gasteiger partial charge in [0.15, 0.2) is 11.6 Å². The Morgan fingerprint density at radius 3 is 2.19 bits per heavy atom. The van der Waals surface area contributed by atoms with Crippen molar-refractivity contribution < 1.29 is 18.0 Å². The summed E-state index contributed by atoms with van der Waals surface area (Å²) in [6.45, 7) is 3.70. The monoisotopic (exact) mass is 363 g/mol. The molecule has 1 aliphatic heterocycles. The van der Waals surface area contributed by atoms with Crippen molar-refractivity contribution >= 4 is 11.6 Å². The molecular formula is C19H20F3N3O. The molecule has 4 nitrogen and oxygen atoms in total. The van der Waals surface area contributed by atoms with Gasteiger partial charge in [-0.2, -0.15) is 0 Å². The fraction of sp³-hybridized carbons (Fsp3) is 0.316. The zero-order chi connectivity index (χ0) is 18.5. The summed E-state index contributed by atoms with van der Waals surface area (Å²) in [4.78, 5) is 16.2. The van der Waals surface area contributed by atoms with Gasteiger partial charge in [-0.3, -0.25) is 14.6 Å². The van der Waals surface area contributed by atoms with E-state index in [0.29, 0.717) is 25.3 Å². The van der Waals surface area contributed by atoms with Crippen molar-refractivity contribution in [1.82, 2.24) is 9.80 Å². The van der Waals surface area contributed by atoms with Crippen molar-refractivity contribution in [3.8, 4) is 0 Å². The SMILES string of the molecule is O=C(CN1CCN(Cc2ccc(F)c(F)c2)CC1)Nc1ccc(F)cc1. The Bertz CT molecular complexity index is 759. The molecule has 1 saturated heterocycles. The second kappa shape index (κ2) is 8.33. The van der Waals surface area contributed by atoms with Gasteiger partial charge in [0.25, 0.3) is 0 Å². The number of halogens is 3. The molecule has 0 unspecified atom stereocenters. The number of nitrogens with zero attached hydrogens (tertiary/aromatic N) is 2. The molecule has 26 heavy (non-hydrogen) atoms. The summed E-state index contributed by atoms with van der Waals surface area (Å²) >= 11 is 0. The highest BCUT2D eigenvalue weighted by Crippen LogP contribution is 2.13. The number of hydrogen-bond donors (Lipinski definition) is 1. The highest BCUT2D eigenvalue weighted by Gasteiger charge is 2.19. The van der Waals surface area contributed by atoms with Crippen molar-refractivity contribution in [3.63, 3.8) is 0 Å². The summed E-state index contributed by atoms with van der Waals surface area (Å²) in [7, 11) is 0. The lowest BCUT2D eigenvalue weighted by atomic mass is 10.2. The number of amides is 1. The van der Waals surface area contributed by atoms with E-state index in [9.17, 15) is 18.0 Å². The summed E-state index contributed by atoms with van der Waals surface area (Å²) in [5.74, 6) is -2.17. The van der Waals surface area contributed by atoms with Crippen molar-refractivity contribution in [2.75, 3.05) is 38.0 Å². The first-order valence-corrected chi connectivity index (χ1v) is 8.43. The van der Waals surface area contributed by atoms with Gasteiger partial charge >= 0.3 is 0 Å². The number of benzene rings is 2. The van der Waals surface area contributed by atoms with Crippen LogP contribution in [0.1, 0.15) is 5.56 Å². The van der Waals surface area contributed by atoms with Gasteiger partial charge < -0.3 is 5.32 Å². The van der Waals surface area contributed by atoms with E-state index in [1.807, 2.05) is 4.90 Å². The lowest BCUT2D eigenvalue weighted by Gasteiger charge is -2.34. The molecule has 0 bridgehead atoms. The molecule has 0 aromatic heterocycles. The van der Waals surface area contributed by atoms with E-state index in [1.165, 1.54) is 30.3 Å². The van der Waals surface area contributed by atoms with Crippen LogP contribution in [0.15, 0.2) is 42.5 Å². The van der Waals surface area contributed by atoms with E-state index < -0.39 is 11.6 Å². The Labute approximate surface area is 150 Å². The van der Waals surface area contributed by atoms with Crippen molar-refractivity contribution in [1.29, 1.82) is 0 Å². The first-order valence-electron chi connectivity index (χ1n) is 8.43. The molecule has 1 heterocycles. The summed E-state index contributed by atoms with van der Waals surface area (Å²) in [5.41, 5.74) is 1.29. The van der Waals surface area contributed by atoms with E-state index >= 15 is 0 Å². The summed E-state index contributed by atoms with van der Waals surface area (Å²) in [5, 5.41) is 2.74. The molecule has 0 saturated carbocycles. The minimum Gasteiger partial charge on any atom is -0.325 e. The molecule has 1 N–H and O–H groups in total. The highest BCUT2D eigenvalue weighted by molar-refractivity contribution is 5.92. The molecule has 3 rings (SSSR count). The van der Waals surface area contributed by atoms with Gasteiger partial charge in [0.1, 0.15) is 5.82 Å². The average molecular weight is 363 g/mol. The van der Waals surface area contributed by atoms with Gasteiger partial charge in [0.2, 0.25) is 5.91 Å². The molecule has 2 aromatic rings. The molecule has 0 aliphatic carbocycles. The normalized spacial score (nSPS) is 15.8. The van der Waals surface area contributed by atoms with E-state index in [-0.39, 0.29) is 18.3 Å². The third-order valence-corrected chi connectivity index (χ3v) is 4.35. The van der Waals surface area contributed by atoms with Gasteiger partial charge in [-0.1, -0.05) is 6.07 Å². The van der Waals surface area contributed by atoms with E-state index in [1.54, 1.807) is 6.07 Å². The standard InChI is InChI=1S/C19H20F3N3O/c20-15-2-4-16(5-3-15)23-19(26)13-25-9-7-24(8-10-25)12-14-1-6-17(21)18(22)11-14/h1-6,11H,7-10,12-13H2,(H,23,26). The van der Waals surface area contributed by atoms with Gasteiger partial charge in [-0.05, 0) is 42.0 Å². The number of carbonyl (C=O) groups is 1. The molecule has 1 fully saturated rings. The zero-order valence-corrected chi connectivity index (χ0v) is 14.2. The maximum atomic E-state index is 13.3. The van der Waals surface area contributed by atoms with Crippen LogP contribution in [0, 0.1) is 17.5 Å². The first-order chi connectivity index (χ1) is 12.5. The van der Waals surface area contributed by atoms with Crippen LogP contribution in [-0.2, 0) is 11.3 Å². The number of hydrogen-bond acceptors (Lipinski definition) is 3. The van der Waals surface area contributed by atoms with Crippen LogP contribution in [0.3, 0.4) is 0 Å².